The number of H-pyrrole nitrogens is 2. The number of nitrogens with zero attached hydrogens (tertiary/aromatic N) is 6. The van der Waals surface area contributed by atoms with Gasteiger partial charge in [0.1, 0.15) is 11.2 Å². The smallest absolute Gasteiger partial charge is 0.159 e. The molecule has 6 aromatic heterocycles. The fourth-order valence-electron chi connectivity index (χ4n) is 3.53. The second-order valence-electron chi connectivity index (χ2n) is 6.81. The van der Waals surface area contributed by atoms with E-state index in [1.807, 2.05) is 36.4 Å². The molecule has 0 amide bonds. The Balaban J connectivity index is 1.52. The maximum Gasteiger partial charge on any atom is 0.159 e. The first kappa shape index (κ1) is 16.5. The first-order chi connectivity index (χ1) is 14.9. The van der Waals surface area contributed by atoms with Gasteiger partial charge in [-0.25, -0.2) is 4.98 Å². The number of rotatable bonds is 3. The van der Waals surface area contributed by atoms with Gasteiger partial charge in [0.15, 0.2) is 5.82 Å². The molecule has 0 saturated carbocycles. The lowest BCUT2D eigenvalue weighted by Gasteiger charge is -2.00. The Morgan fingerprint density at radius 2 is 1.57 bits per heavy atom. The number of pyridine rings is 4. The molecule has 0 aliphatic rings. The van der Waals surface area contributed by atoms with Crippen molar-refractivity contribution in [3.05, 3.63) is 73.6 Å². The molecule has 6 aromatic rings. The molecule has 30 heavy (non-hydrogen) atoms. The zero-order valence-corrected chi connectivity index (χ0v) is 15.6. The molecule has 0 aromatic carbocycles. The number of aromatic amines is 2. The second kappa shape index (κ2) is 6.56. The number of nitrogens with one attached hydrogen (secondary N) is 2. The Labute approximate surface area is 170 Å². The average molecular weight is 390 g/mol. The lowest BCUT2D eigenvalue weighted by atomic mass is 10.1. The zero-order valence-electron chi connectivity index (χ0n) is 15.6. The van der Waals surface area contributed by atoms with Crippen molar-refractivity contribution in [1.29, 1.82) is 0 Å². The highest BCUT2D eigenvalue weighted by molar-refractivity contribution is 5.96. The van der Waals surface area contributed by atoms with E-state index >= 15 is 0 Å². The van der Waals surface area contributed by atoms with E-state index in [4.69, 9.17) is 4.98 Å². The zero-order chi connectivity index (χ0) is 19.9. The molecule has 8 heteroatoms. The molecule has 0 spiro atoms. The normalized spacial score (nSPS) is 11.3. The molecular weight excluding hydrogens is 376 g/mol. The van der Waals surface area contributed by atoms with Crippen molar-refractivity contribution in [2.75, 3.05) is 0 Å². The van der Waals surface area contributed by atoms with Gasteiger partial charge in [-0.15, -0.1) is 0 Å². The lowest BCUT2D eigenvalue weighted by molar-refractivity contribution is 1.10. The van der Waals surface area contributed by atoms with Gasteiger partial charge in [0.05, 0.1) is 28.6 Å². The van der Waals surface area contributed by atoms with Gasteiger partial charge in [-0.1, -0.05) is 0 Å². The molecule has 2 N–H and O–H groups in total. The first-order valence-electron chi connectivity index (χ1n) is 9.37. The van der Waals surface area contributed by atoms with Crippen LogP contribution >= 0.6 is 0 Å². The largest absolute Gasteiger partial charge is 0.336 e. The van der Waals surface area contributed by atoms with Crippen LogP contribution in [-0.4, -0.2) is 40.1 Å². The molecular formula is C22H14N8. The molecule has 0 aliphatic heterocycles. The Kier molecular flexibility index (Phi) is 3.60. The molecule has 142 valence electrons. The Morgan fingerprint density at radius 1 is 0.733 bits per heavy atom. The van der Waals surface area contributed by atoms with Crippen molar-refractivity contribution < 1.29 is 0 Å². The standard InChI is InChI=1S/C22H14N8/c1-3-13(10-23-6-1)17-9-15-18(12-26-17)29-30-20(15)22-27-16-5-8-25-19(21(16)28-22)14-4-2-7-24-11-14/h1-12H,(H,27,28)(H,29,30). The highest BCUT2D eigenvalue weighted by Crippen LogP contribution is 2.31. The van der Waals surface area contributed by atoms with Gasteiger partial charge in [-0.2, -0.15) is 5.10 Å². The summed E-state index contributed by atoms with van der Waals surface area (Å²) in [5.74, 6) is 0.665. The Bertz CT molecular complexity index is 1490. The van der Waals surface area contributed by atoms with Crippen LogP contribution < -0.4 is 0 Å². The molecule has 0 bridgehead atoms. The summed E-state index contributed by atoms with van der Waals surface area (Å²) in [4.78, 5) is 25.6. The van der Waals surface area contributed by atoms with Gasteiger partial charge < -0.3 is 4.98 Å². The van der Waals surface area contributed by atoms with Gasteiger partial charge in [-0.05, 0) is 36.4 Å². The molecule has 6 rings (SSSR count). The van der Waals surface area contributed by atoms with Gasteiger partial charge in [0, 0.05) is 47.5 Å². The van der Waals surface area contributed by atoms with E-state index in [0.29, 0.717) is 5.82 Å². The predicted octanol–water partition coefficient (Wildman–Crippen LogP) is 4.02. The van der Waals surface area contributed by atoms with E-state index in [2.05, 4.69) is 35.1 Å². The van der Waals surface area contributed by atoms with Crippen LogP contribution in [0.4, 0.5) is 0 Å². The van der Waals surface area contributed by atoms with Crippen molar-refractivity contribution in [2.45, 2.75) is 0 Å². The highest BCUT2D eigenvalue weighted by Gasteiger charge is 2.16. The van der Waals surface area contributed by atoms with Crippen molar-refractivity contribution in [3.63, 3.8) is 0 Å². The van der Waals surface area contributed by atoms with Crippen molar-refractivity contribution in [1.82, 2.24) is 40.1 Å². The quantitative estimate of drug-likeness (QED) is 0.472. The van der Waals surface area contributed by atoms with E-state index in [9.17, 15) is 0 Å². The number of imidazole rings is 1. The van der Waals surface area contributed by atoms with Crippen LogP contribution in [0.1, 0.15) is 0 Å². The molecule has 0 atom stereocenters. The number of aromatic nitrogens is 8. The molecule has 6 heterocycles. The van der Waals surface area contributed by atoms with E-state index in [1.165, 1.54) is 0 Å². The van der Waals surface area contributed by atoms with Crippen molar-refractivity contribution in [3.8, 4) is 34.0 Å². The SMILES string of the molecule is c1cncc(-c2cc3c(-c4nc5c(-c6cccnc6)nccc5[nH]4)n[nH]c3cn2)c1. The Hall–Kier alpha value is -4.46. The minimum absolute atomic E-state index is 0.665. The summed E-state index contributed by atoms with van der Waals surface area (Å²) in [6.07, 6.45) is 10.6. The van der Waals surface area contributed by atoms with E-state index < -0.39 is 0 Å². The monoisotopic (exact) mass is 390 g/mol. The van der Waals surface area contributed by atoms with Crippen molar-refractivity contribution >= 4 is 21.9 Å². The summed E-state index contributed by atoms with van der Waals surface area (Å²) in [7, 11) is 0. The minimum Gasteiger partial charge on any atom is -0.336 e. The third-order valence-corrected chi connectivity index (χ3v) is 4.96. The molecule has 0 unspecified atom stereocenters. The minimum atomic E-state index is 0.665. The van der Waals surface area contributed by atoms with E-state index in [-0.39, 0.29) is 0 Å². The molecule has 0 saturated heterocycles. The van der Waals surface area contributed by atoms with Crippen LogP contribution in [0.2, 0.25) is 0 Å². The van der Waals surface area contributed by atoms with Gasteiger partial charge >= 0.3 is 0 Å². The molecule has 0 radical (unpaired) electrons. The predicted molar refractivity (Wildman–Crippen MR) is 113 cm³/mol. The summed E-state index contributed by atoms with van der Waals surface area (Å²) < 4.78 is 0. The van der Waals surface area contributed by atoms with Gasteiger partial charge in [-0.3, -0.25) is 25.0 Å². The number of hydrogen-bond donors (Lipinski definition) is 2. The first-order valence-corrected chi connectivity index (χ1v) is 9.37. The Morgan fingerprint density at radius 3 is 2.37 bits per heavy atom. The maximum absolute atomic E-state index is 4.82. The van der Waals surface area contributed by atoms with Crippen LogP contribution in [0.15, 0.2) is 73.6 Å². The lowest BCUT2D eigenvalue weighted by Crippen LogP contribution is -1.86. The summed E-state index contributed by atoms with van der Waals surface area (Å²) in [5, 5.41) is 8.46. The third kappa shape index (κ3) is 2.62. The van der Waals surface area contributed by atoms with Gasteiger partial charge in [0.25, 0.3) is 0 Å². The molecule has 0 aliphatic carbocycles. The van der Waals surface area contributed by atoms with E-state index in [1.54, 1.807) is 37.2 Å². The molecule has 8 nitrogen and oxygen atoms in total. The van der Waals surface area contributed by atoms with Crippen LogP contribution in [0, 0.1) is 0 Å². The number of fused-ring (bicyclic) bond motifs is 2. The van der Waals surface area contributed by atoms with Crippen LogP contribution in [0.3, 0.4) is 0 Å². The summed E-state index contributed by atoms with van der Waals surface area (Å²) in [6, 6.07) is 11.6. The average Bonchev–Trinajstić information content (AvgIpc) is 3.43. The van der Waals surface area contributed by atoms with Crippen molar-refractivity contribution in [2.24, 2.45) is 0 Å². The highest BCUT2D eigenvalue weighted by atomic mass is 15.1. The summed E-state index contributed by atoms with van der Waals surface area (Å²) in [5.41, 5.74) is 6.69. The van der Waals surface area contributed by atoms with Crippen LogP contribution in [0.25, 0.3) is 56.0 Å². The molecule has 0 fully saturated rings. The van der Waals surface area contributed by atoms with Crippen LogP contribution in [0.5, 0.6) is 0 Å². The van der Waals surface area contributed by atoms with E-state index in [0.717, 1.165) is 50.1 Å². The second-order valence-corrected chi connectivity index (χ2v) is 6.81. The number of hydrogen-bond acceptors (Lipinski definition) is 6. The fourth-order valence-corrected chi connectivity index (χ4v) is 3.53. The fraction of sp³-hybridized carbons (Fsp3) is 0. The summed E-state index contributed by atoms with van der Waals surface area (Å²) >= 11 is 0. The maximum atomic E-state index is 4.82. The van der Waals surface area contributed by atoms with Gasteiger partial charge in [0.2, 0.25) is 0 Å². The summed E-state index contributed by atoms with van der Waals surface area (Å²) in [6.45, 7) is 0. The topological polar surface area (TPSA) is 109 Å². The van der Waals surface area contributed by atoms with Crippen LogP contribution in [-0.2, 0) is 0 Å². The third-order valence-electron chi connectivity index (χ3n) is 4.96.